The van der Waals surface area contributed by atoms with Crippen molar-refractivity contribution in [2.75, 3.05) is 24.2 Å². The highest BCUT2D eigenvalue weighted by molar-refractivity contribution is 7.85. The minimum absolute atomic E-state index is 0.190. The molecule has 0 saturated heterocycles. The van der Waals surface area contributed by atoms with Gasteiger partial charge in [-0.15, -0.1) is 0 Å². The van der Waals surface area contributed by atoms with Crippen molar-refractivity contribution in [2.24, 2.45) is 0 Å². The summed E-state index contributed by atoms with van der Waals surface area (Å²) in [4.78, 5) is 1.95. The molecule has 5 heteroatoms. The van der Waals surface area contributed by atoms with Gasteiger partial charge in [0, 0.05) is 19.3 Å². The Morgan fingerprint density at radius 1 is 1.27 bits per heavy atom. The predicted molar refractivity (Wildman–Crippen MR) is 60.7 cm³/mol. The van der Waals surface area contributed by atoms with Crippen LogP contribution >= 0.6 is 0 Å². The standard InChI is InChI=1S/C10H15NO3S/c1-11(8-5-9-15(12,13)14)10-6-3-2-4-7-10/h2-4,6-7H,5,8-9H2,1H3,(H,12,13,14). The predicted octanol–water partition coefficient (Wildman–Crippen LogP) is 1.40. The summed E-state index contributed by atoms with van der Waals surface area (Å²) in [6, 6.07) is 9.68. The molecule has 0 heterocycles. The molecular formula is C10H15NO3S. The van der Waals surface area contributed by atoms with Gasteiger partial charge in [0.1, 0.15) is 0 Å². The summed E-state index contributed by atoms with van der Waals surface area (Å²) < 4.78 is 29.5. The zero-order valence-electron chi connectivity index (χ0n) is 8.63. The Labute approximate surface area is 90.3 Å². The van der Waals surface area contributed by atoms with Crippen molar-refractivity contribution in [1.82, 2.24) is 0 Å². The van der Waals surface area contributed by atoms with Crippen LogP contribution in [0.2, 0.25) is 0 Å². The SMILES string of the molecule is CN(CCCS(=O)(=O)O)c1ccccc1. The summed E-state index contributed by atoms with van der Waals surface area (Å²) in [5.74, 6) is -0.190. The molecule has 15 heavy (non-hydrogen) atoms. The molecule has 4 nitrogen and oxygen atoms in total. The molecule has 0 aliphatic heterocycles. The summed E-state index contributed by atoms with van der Waals surface area (Å²) in [5, 5.41) is 0. The lowest BCUT2D eigenvalue weighted by atomic mass is 10.3. The first kappa shape index (κ1) is 12.0. The third-order valence-corrected chi connectivity index (χ3v) is 2.90. The van der Waals surface area contributed by atoms with Crippen molar-refractivity contribution in [3.63, 3.8) is 0 Å². The average molecular weight is 229 g/mol. The normalized spacial score (nSPS) is 11.3. The summed E-state index contributed by atoms with van der Waals surface area (Å²) in [6.45, 7) is 0.601. The zero-order valence-corrected chi connectivity index (χ0v) is 9.44. The molecule has 1 rings (SSSR count). The second-order valence-corrected chi connectivity index (χ2v) is 4.97. The molecule has 0 atom stereocenters. The number of hydrogen-bond acceptors (Lipinski definition) is 3. The molecule has 0 aliphatic carbocycles. The molecule has 0 spiro atoms. The Kier molecular flexibility index (Phi) is 4.11. The average Bonchev–Trinajstić information content (AvgIpc) is 2.17. The number of para-hydroxylation sites is 1. The lowest BCUT2D eigenvalue weighted by Gasteiger charge is -2.18. The van der Waals surface area contributed by atoms with E-state index in [1.54, 1.807) is 0 Å². The molecule has 0 unspecified atom stereocenters. The fraction of sp³-hybridized carbons (Fsp3) is 0.400. The number of rotatable bonds is 5. The molecule has 0 bridgehead atoms. The fourth-order valence-electron chi connectivity index (χ4n) is 1.30. The van der Waals surface area contributed by atoms with Crippen molar-refractivity contribution in [2.45, 2.75) is 6.42 Å². The van der Waals surface area contributed by atoms with Crippen LogP contribution in [0.4, 0.5) is 5.69 Å². The van der Waals surface area contributed by atoms with E-state index in [9.17, 15) is 8.42 Å². The maximum Gasteiger partial charge on any atom is 0.264 e. The fourth-order valence-corrected chi connectivity index (χ4v) is 1.79. The van der Waals surface area contributed by atoms with Crippen LogP contribution in [0.1, 0.15) is 6.42 Å². The van der Waals surface area contributed by atoms with E-state index in [1.807, 2.05) is 42.3 Å². The van der Waals surface area contributed by atoms with Gasteiger partial charge in [-0.05, 0) is 18.6 Å². The maximum atomic E-state index is 10.5. The van der Waals surface area contributed by atoms with Crippen LogP contribution in [0, 0.1) is 0 Å². The minimum atomic E-state index is -3.83. The molecule has 0 radical (unpaired) electrons. The lowest BCUT2D eigenvalue weighted by Crippen LogP contribution is -2.20. The van der Waals surface area contributed by atoms with Gasteiger partial charge in [-0.2, -0.15) is 8.42 Å². The Balaban J connectivity index is 2.41. The van der Waals surface area contributed by atoms with E-state index in [-0.39, 0.29) is 5.75 Å². The highest BCUT2D eigenvalue weighted by atomic mass is 32.2. The van der Waals surface area contributed by atoms with Crippen molar-refractivity contribution >= 4 is 15.8 Å². The van der Waals surface area contributed by atoms with Crippen molar-refractivity contribution in [1.29, 1.82) is 0 Å². The summed E-state index contributed by atoms with van der Waals surface area (Å²) in [6.07, 6.45) is 0.421. The zero-order chi connectivity index (χ0) is 11.3. The van der Waals surface area contributed by atoms with E-state index in [2.05, 4.69) is 0 Å². The first-order valence-corrected chi connectivity index (χ1v) is 6.31. The molecule has 1 aromatic carbocycles. The first-order chi connectivity index (χ1) is 6.99. The Hall–Kier alpha value is -1.07. The van der Waals surface area contributed by atoms with Crippen LogP contribution in [0.5, 0.6) is 0 Å². The molecule has 1 aromatic rings. The highest BCUT2D eigenvalue weighted by Crippen LogP contribution is 2.10. The van der Waals surface area contributed by atoms with Gasteiger partial charge >= 0.3 is 0 Å². The van der Waals surface area contributed by atoms with Crippen LogP contribution in [-0.2, 0) is 10.1 Å². The largest absolute Gasteiger partial charge is 0.375 e. The smallest absolute Gasteiger partial charge is 0.264 e. The van der Waals surface area contributed by atoms with Gasteiger partial charge in [-0.25, -0.2) is 0 Å². The molecule has 0 amide bonds. The number of nitrogens with zero attached hydrogens (tertiary/aromatic N) is 1. The minimum Gasteiger partial charge on any atom is -0.375 e. The first-order valence-electron chi connectivity index (χ1n) is 4.70. The summed E-state index contributed by atoms with van der Waals surface area (Å²) in [7, 11) is -1.94. The Morgan fingerprint density at radius 3 is 2.40 bits per heavy atom. The monoisotopic (exact) mass is 229 g/mol. The van der Waals surface area contributed by atoms with Gasteiger partial charge in [0.25, 0.3) is 10.1 Å². The van der Waals surface area contributed by atoms with Gasteiger partial charge in [-0.3, -0.25) is 4.55 Å². The summed E-state index contributed by atoms with van der Waals surface area (Å²) >= 11 is 0. The molecule has 1 N–H and O–H groups in total. The van der Waals surface area contributed by atoms with Gasteiger partial charge in [0.15, 0.2) is 0 Å². The van der Waals surface area contributed by atoms with Crippen molar-refractivity contribution in [3.05, 3.63) is 30.3 Å². The third-order valence-electron chi connectivity index (χ3n) is 2.09. The topological polar surface area (TPSA) is 57.6 Å². The number of benzene rings is 1. The maximum absolute atomic E-state index is 10.5. The van der Waals surface area contributed by atoms with Crippen LogP contribution in [0.15, 0.2) is 30.3 Å². The van der Waals surface area contributed by atoms with Crippen LogP contribution in [-0.4, -0.2) is 32.3 Å². The van der Waals surface area contributed by atoms with Crippen molar-refractivity contribution in [3.8, 4) is 0 Å². The van der Waals surface area contributed by atoms with Gasteiger partial charge in [-0.1, -0.05) is 18.2 Å². The second-order valence-electron chi connectivity index (χ2n) is 3.40. The van der Waals surface area contributed by atoms with E-state index < -0.39 is 10.1 Å². The highest BCUT2D eigenvalue weighted by Gasteiger charge is 2.05. The quantitative estimate of drug-likeness (QED) is 0.775. The molecule has 0 saturated carbocycles. The van der Waals surface area contributed by atoms with E-state index in [0.717, 1.165) is 5.69 Å². The molecule has 0 aliphatic rings. The number of anilines is 1. The van der Waals surface area contributed by atoms with Crippen molar-refractivity contribution < 1.29 is 13.0 Å². The van der Waals surface area contributed by atoms with Crippen LogP contribution in [0.25, 0.3) is 0 Å². The second kappa shape index (κ2) is 5.14. The molecular weight excluding hydrogens is 214 g/mol. The van der Waals surface area contributed by atoms with Crippen LogP contribution in [0.3, 0.4) is 0 Å². The van der Waals surface area contributed by atoms with E-state index in [0.29, 0.717) is 13.0 Å². The molecule has 0 fully saturated rings. The van der Waals surface area contributed by atoms with Crippen LogP contribution < -0.4 is 4.90 Å². The van der Waals surface area contributed by atoms with E-state index >= 15 is 0 Å². The Bertz CT molecular complexity index is 388. The number of hydrogen-bond donors (Lipinski definition) is 1. The summed E-state index contributed by atoms with van der Waals surface area (Å²) in [5.41, 5.74) is 1.04. The molecule has 0 aromatic heterocycles. The van der Waals surface area contributed by atoms with Gasteiger partial charge in [0.05, 0.1) is 5.75 Å². The van der Waals surface area contributed by atoms with E-state index in [1.165, 1.54) is 0 Å². The van der Waals surface area contributed by atoms with E-state index in [4.69, 9.17) is 4.55 Å². The van der Waals surface area contributed by atoms with Gasteiger partial charge in [0.2, 0.25) is 0 Å². The third kappa shape index (κ3) is 4.80. The lowest BCUT2D eigenvalue weighted by molar-refractivity contribution is 0.481. The van der Waals surface area contributed by atoms with Gasteiger partial charge < -0.3 is 4.90 Å². The molecule has 84 valence electrons. The Morgan fingerprint density at radius 2 is 1.87 bits per heavy atom.